The Morgan fingerprint density at radius 2 is 2.10 bits per heavy atom. The second kappa shape index (κ2) is 4.57. The highest BCUT2D eigenvalue weighted by Crippen LogP contribution is 2.51. The third-order valence-electron chi connectivity index (χ3n) is 4.66. The van der Waals surface area contributed by atoms with Gasteiger partial charge in [-0.2, -0.15) is 0 Å². The average molecular weight is 276 g/mol. The van der Waals surface area contributed by atoms with E-state index >= 15 is 0 Å². The Balaban J connectivity index is 2.10. The minimum atomic E-state index is -0.852. The van der Waals surface area contributed by atoms with Crippen molar-refractivity contribution in [2.45, 2.75) is 38.9 Å². The molecule has 108 valence electrons. The average Bonchev–Trinajstić information content (AvgIpc) is 3.04. The van der Waals surface area contributed by atoms with E-state index in [9.17, 15) is 4.79 Å². The Bertz CT molecular complexity index is 551. The molecule has 1 aliphatic carbocycles. The fourth-order valence-corrected chi connectivity index (χ4v) is 3.30. The largest absolute Gasteiger partial charge is 0.461 e. The minimum Gasteiger partial charge on any atom is -0.461 e. The first-order valence-corrected chi connectivity index (χ1v) is 7.05. The fraction of sp³-hybridized carbons (Fsp3) is 0.562. The van der Waals surface area contributed by atoms with Crippen molar-refractivity contribution in [1.29, 1.82) is 0 Å². The van der Waals surface area contributed by atoms with E-state index in [0.717, 1.165) is 17.5 Å². The number of fused-ring (bicyclic) bond motifs is 1. The summed E-state index contributed by atoms with van der Waals surface area (Å²) in [7, 11) is 0. The Kier molecular flexibility index (Phi) is 3.10. The smallest absolute Gasteiger partial charge is 0.209 e. The summed E-state index contributed by atoms with van der Waals surface area (Å²) in [5.74, 6) is -0.399. The molecule has 3 rings (SSSR count). The number of allylic oxidation sites excluding steroid dienone is 1. The van der Waals surface area contributed by atoms with Crippen molar-refractivity contribution >= 4 is 5.78 Å². The summed E-state index contributed by atoms with van der Waals surface area (Å²) in [6.07, 6.45) is 5.43. The van der Waals surface area contributed by atoms with Gasteiger partial charge in [-0.3, -0.25) is 4.79 Å². The molecule has 20 heavy (non-hydrogen) atoms. The predicted molar refractivity (Wildman–Crippen MR) is 73.7 cm³/mol. The van der Waals surface area contributed by atoms with Crippen LogP contribution in [0.15, 0.2) is 23.3 Å². The van der Waals surface area contributed by atoms with Crippen molar-refractivity contribution in [1.82, 2.24) is 0 Å². The number of ketones is 1. The van der Waals surface area contributed by atoms with Crippen molar-refractivity contribution in [2.24, 2.45) is 5.41 Å². The van der Waals surface area contributed by atoms with Crippen LogP contribution in [0, 0.1) is 12.3 Å². The van der Waals surface area contributed by atoms with Crippen LogP contribution < -0.4 is 0 Å². The number of furan rings is 1. The molecule has 1 saturated heterocycles. The number of carbonyl (C=O) groups is 1. The van der Waals surface area contributed by atoms with Crippen LogP contribution in [0.3, 0.4) is 0 Å². The van der Waals surface area contributed by atoms with E-state index in [1.807, 2.05) is 19.9 Å². The van der Waals surface area contributed by atoms with Gasteiger partial charge in [0.2, 0.25) is 5.78 Å². The first kappa shape index (κ1) is 13.6. The molecular formula is C16H20O4. The maximum atomic E-state index is 12.9. The SMILES string of the molecule is C=CCCC1(C)C(=O)c2occ(C)c2CC12OCCO2. The molecule has 1 unspecified atom stereocenters. The number of ether oxygens (including phenoxy) is 2. The molecule has 2 heterocycles. The maximum absolute atomic E-state index is 12.9. The molecule has 0 aromatic carbocycles. The highest BCUT2D eigenvalue weighted by Gasteiger charge is 2.61. The monoisotopic (exact) mass is 276 g/mol. The van der Waals surface area contributed by atoms with Gasteiger partial charge in [-0.1, -0.05) is 6.08 Å². The number of Topliss-reactive ketones (excluding diaryl/α,β-unsaturated/α-hetero) is 1. The van der Waals surface area contributed by atoms with E-state index < -0.39 is 11.2 Å². The molecule has 0 amide bonds. The van der Waals surface area contributed by atoms with E-state index in [0.29, 0.717) is 31.8 Å². The van der Waals surface area contributed by atoms with Crippen LogP contribution in [0.4, 0.5) is 0 Å². The van der Waals surface area contributed by atoms with Crippen LogP contribution in [0.2, 0.25) is 0 Å². The number of hydrogen-bond donors (Lipinski definition) is 0. The van der Waals surface area contributed by atoms with Gasteiger partial charge in [0.1, 0.15) is 0 Å². The number of aryl methyl sites for hydroxylation is 1. The van der Waals surface area contributed by atoms with Crippen LogP contribution in [0.1, 0.15) is 41.4 Å². The van der Waals surface area contributed by atoms with Crippen molar-refractivity contribution in [2.75, 3.05) is 13.2 Å². The lowest BCUT2D eigenvalue weighted by Gasteiger charge is -2.45. The third-order valence-corrected chi connectivity index (χ3v) is 4.66. The summed E-state index contributed by atoms with van der Waals surface area (Å²) in [6, 6.07) is 0. The molecular weight excluding hydrogens is 256 g/mol. The van der Waals surface area contributed by atoms with Gasteiger partial charge in [0.25, 0.3) is 0 Å². The molecule has 1 spiro atoms. The Labute approximate surface area is 118 Å². The van der Waals surface area contributed by atoms with Crippen LogP contribution in [0.5, 0.6) is 0 Å². The van der Waals surface area contributed by atoms with Gasteiger partial charge in [0, 0.05) is 12.0 Å². The van der Waals surface area contributed by atoms with Gasteiger partial charge in [0.15, 0.2) is 11.5 Å². The molecule has 1 aliphatic heterocycles. The molecule has 1 aromatic heterocycles. The molecule has 0 N–H and O–H groups in total. The predicted octanol–water partition coefficient (Wildman–Crippen LogP) is 3.04. The number of carbonyl (C=O) groups excluding carboxylic acids is 1. The van der Waals surface area contributed by atoms with Crippen LogP contribution in [-0.4, -0.2) is 24.8 Å². The topological polar surface area (TPSA) is 48.7 Å². The van der Waals surface area contributed by atoms with Crippen LogP contribution >= 0.6 is 0 Å². The summed E-state index contributed by atoms with van der Waals surface area (Å²) < 4.78 is 17.3. The van der Waals surface area contributed by atoms with Crippen LogP contribution in [-0.2, 0) is 15.9 Å². The van der Waals surface area contributed by atoms with Crippen molar-refractivity contribution in [3.05, 3.63) is 35.8 Å². The van der Waals surface area contributed by atoms with Crippen molar-refractivity contribution < 1.29 is 18.7 Å². The quantitative estimate of drug-likeness (QED) is 0.796. The minimum absolute atomic E-state index is 0.0180. The molecule has 0 bridgehead atoms. The summed E-state index contributed by atoms with van der Waals surface area (Å²) in [5, 5.41) is 0. The summed E-state index contributed by atoms with van der Waals surface area (Å²) in [4.78, 5) is 12.9. The highest BCUT2D eigenvalue weighted by atomic mass is 16.7. The first-order valence-electron chi connectivity index (χ1n) is 7.05. The zero-order valence-corrected chi connectivity index (χ0v) is 12.0. The summed E-state index contributed by atoms with van der Waals surface area (Å²) in [5.41, 5.74) is 1.18. The standard InChI is InChI=1S/C16H20O4/c1-4-5-6-15(3)14(17)13-12(11(2)10-18-13)9-16(15)19-7-8-20-16/h4,10H,1,5-9H2,2-3H3. The van der Waals surface area contributed by atoms with Gasteiger partial charge in [-0.25, -0.2) is 0 Å². The fourth-order valence-electron chi connectivity index (χ4n) is 3.30. The maximum Gasteiger partial charge on any atom is 0.209 e. The molecule has 1 fully saturated rings. The molecule has 4 nitrogen and oxygen atoms in total. The zero-order chi connectivity index (χ0) is 14.4. The van der Waals surface area contributed by atoms with E-state index in [2.05, 4.69) is 6.58 Å². The molecule has 4 heteroatoms. The Morgan fingerprint density at radius 1 is 1.40 bits per heavy atom. The normalized spacial score (nSPS) is 27.8. The van der Waals surface area contributed by atoms with Crippen molar-refractivity contribution in [3.63, 3.8) is 0 Å². The van der Waals surface area contributed by atoms with E-state index in [4.69, 9.17) is 13.9 Å². The number of hydrogen-bond acceptors (Lipinski definition) is 4. The van der Waals surface area contributed by atoms with Gasteiger partial charge in [0.05, 0.1) is 24.9 Å². The second-order valence-electron chi connectivity index (χ2n) is 5.84. The Morgan fingerprint density at radius 3 is 2.75 bits per heavy atom. The zero-order valence-electron chi connectivity index (χ0n) is 12.0. The molecule has 1 aromatic rings. The molecule has 2 aliphatic rings. The van der Waals surface area contributed by atoms with Gasteiger partial charge >= 0.3 is 0 Å². The van der Waals surface area contributed by atoms with Gasteiger partial charge < -0.3 is 13.9 Å². The van der Waals surface area contributed by atoms with Gasteiger partial charge in [-0.15, -0.1) is 6.58 Å². The lowest BCUT2D eigenvalue weighted by Crippen LogP contribution is -2.56. The molecule has 1 atom stereocenters. The lowest BCUT2D eigenvalue weighted by molar-refractivity contribution is -0.220. The van der Waals surface area contributed by atoms with Gasteiger partial charge in [-0.05, 0) is 32.3 Å². The highest BCUT2D eigenvalue weighted by molar-refractivity contribution is 6.01. The van der Waals surface area contributed by atoms with E-state index in [1.165, 1.54) is 0 Å². The third kappa shape index (κ3) is 1.64. The summed E-state index contributed by atoms with van der Waals surface area (Å²) in [6.45, 7) is 8.68. The second-order valence-corrected chi connectivity index (χ2v) is 5.84. The van der Waals surface area contributed by atoms with E-state index in [-0.39, 0.29) is 5.78 Å². The summed E-state index contributed by atoms with van der Waals surface area (Å²) >= 11 is 0. The van der Waals surface area contributed by atoms with Crippen molar-refractivity contribution in [3.8, 4) is 0 Å². The Hall–Kier alpha value is -1.39. The number of rotatable bonds is 3. The lowest BCUT2D eigenvalue weighted by atomic mass is 9.66. The molecule has 0 radical (unpaired) electrons. The van der Waals surface area contributed by atoms with Crippen LogP contribution in [0.25, 0.3) is 0 Å². The molecule has 0 saturated carbocycles. The van der Waals surface area contributed by atoms with E-state index in [1.54, 1.807) is 6.26 Å². The first-order chi connectivity index (χ1) is 9.54.